The molecular weight excluding hydrogens is 388 g/mol. The lowest BCUT2D eigenvalue weighted by atomic mass is 10.2. The Labute approximate surface area is 185 Å². The van der Waals surface area contributed by atoms with E-state index in [9.17, 15) is 4.79 Å². The number of benzene rings is 2. The van der Waals surface area contributed by atoms with E-state index in [0.717, 1.165) is 36.8 Å². The number of ether oxygens (including phenoxy) is 1. The monoisotopic (exact) mass is 422 g/mol. The van der Waals surface area contributed by atoms with E-state index in [2.05, 4.69) is 40.2 Å². The van der Waals surface area contributed by atoms with Crippen LogP contribution in [0.25, 0.3) is 0 Å². The van der Waals surface area contributed by atoms with Crippen molar-refractivity contribution in [2.75, 3.05) is 56.5 Å². The van der Waals surface area contributed by atoms with Crippen LogP contribution in [0.2, 0.25) is 0 Å². The topological polar surface area (TPSA) is 48.0 Å². The smallest absolute Gasteiger partial charge is 0.238 e. The third-order valence-corrected chi connectivity index (χ3v) is 6.08. The fourth-order valence-corrected chi connectivity index (χ4v) is 4.52. The summed E-state index contributed by atoms with van der Waals surface area (Å²) in [5, 5.41) is 3.02. The van der Waals surface area contributed by atoms with Gasteiger partial charge in [-0.05, 0) is 69.7 Å². The van der Waals surface area contributed by atoms with Crippen molar-refractivity contribution in [3.8, 4) is 5.75 Å². The largest absolute Gasteiger partial charge is 0.485 e. The summed E-state index contributed by atoms with van der Waals surface area (Å²) in [7, 11) is 1.97. The molecule has 1 N–H and O–H groups in total. The standard InChI is InChI=1S/C25H34N4O2/c1-3-29-18-22(31-24-9-5-4-8-23(24)29)17-27(2)19-25(30)26-21-12-10-20(11-13-21)16-28-14-6-7-15-28/h4-5,8-13,22H,3,6-7,14-19H2,1-2H3,(H,26,30)/t22-/m1/s1. The summed E-state index contributed by atoms with van der Waals surface area (Å²) >= 11 is 0. The van der Waals surface area contributed by atoms with Crippen molar-refractivity contribution >= 4 is 17.3 Å². The first-order chi connectivity index (χ1) is 15.1. The number of anilines is 2. The Morgan fingerprint density at radius 1 is 1.13 bits per heavy atom. The Morgan fingerprint density at radius 3 is 2.61 bits per heavy atom. The average molecular weight is 423 g/mol. The second-order valence-electron chi connectivity index (χ2n) is 8.67. The molecule has 1 atom stereocenters. The Balaban J connectivity index is 1.25. The highest BCUT2D eigenvalue weighted by molar-refractivity contribution is 5.92. The maximum Gasteiger partial charge on any atom is 0.238 e. The Kier molecular flexibility index (Phi) is 7.10. The first-order valence-electron chi connectivity index (χ1n) is 11.4. The van der Waals surface area contributed by atoms with E-state index in [0.29, 0.717) is 13.1 Å². The number of likely N-dealkylation sites (tertiary alicyclic amines) is 1. The molecule has 31 heavy (non-hydrogen) atoms. The normalized spacial score (nSPS) is 18.7. The number of rotatable bonds is 8. The van der Waals surface area contributed by atoms with Crippen molar-refractivity contribution in [3.63, 3.8) is 0 Å². The molecule has 0 aromatic heterocycles. The zero-order chi connectivity index (χ0) is 21.6. The zero-order valence-electron chi connectivity index (χ0n) is 18.7. The number of carbonyl (C=O) groups is 1. The minimum Gasteiger partial charge on any atom is -0.485 e. The minimum absolute atomic E-state index is 0.00153. The van der Waals surface area contributed by atoms with E-state index in [1.54, 1.807) is 0 Å². The van der Waals surface area contributed by atoms with Gasteiger partial charge in [0.2, 0.25) is 5.91 Å². The Bertz CT molecular complexity index is 864. The van der Waals surface area contributed by atoms with Gasteiger partial charge >= 0.3 is 0 Å². The van der Waals surface area contributed by atoms with E-state index < -0.39 is 0 Å². The van der Waals surface area contributed by atoms with Gasteiger partial charge in [-0.2, -0.15) is 0 Å². The van der Waals surface area contributed by atoms with E-state index in [4.69, 9.17) is 4.74 Å². The van der Waals surface area contributed by atoms with E-state index in [-0.39, 0.29) is 12.0 Å². The third kappa shape index (κ3) is 5.77. The molecule has 166 valence electrons. The second kappa shape index (κ2) is 10.2. The molecule has 0 saturated carbocycles. The predicted molar refractivity (Wildman–Crippen MR) is 126 cm³/mol. The van der Waals surface area contributed by atoms with Crippen LogP contribution in [0.15, 0.2) is 48.5 Å². The molecule has 0 unspecified atom stereocenters. The van der Waals surface area contributed by atoms with Gasteiger partial charge < -0.3 is 15.0 Å². The molecule has 0 radical (unpaired) electrons. The molecule has 2 aromatic carbocycles. The van der Waals surface area contributed by atoms with Crippen LogP contribution >= 0.6 is 0 Å². The van der Waals surface area contributed by atoms with Crippen LogP contribution in [0.3, 0.4) is 0 Å². The van der Waals surface area contributed by atoms with Gasteiger partial charge in [-0.25, -0.2) is 0 Å². The van der Waals surface area contributed by atoms with Crippen LogP contribution in [0, 0.1) is 0 Å². The Hall–Kier alpha value is -2.57. The van der Waals surface area contributed by atoms with Gasteiger partial charge in [-0.15, -0.1) is 0 Å². The van der Waals surface area contributed by atoms with Crippen molar-refractivity contribution in [2.45, 2.75) is 32.4 Å². The summed E-state index contributed by atoms with van der Waals surface area (Å²) in [6, 6.07) is 16.4. The molecule has 2 heterocycles. The first-order valence-corrected chi connectivity index (χ1v) is 11.4. The maximum absolute atomic E-state index is 12.5. The van der Waals surface area contributed by atoms with Crippen molar-refractivity contribution in [1.29, 1.82) is 0 Å². The molecule has 2 aliphatic rings. The molecule has 2 aromatic rings. The van der Waals surface area contributed by atoms with Gasteiger partial charge in [0, 0.05) is 25.3 Å². The van der Waals surface area contributed by atoms with Gasteiger partial charge in [-0.3, -0.25) is 14.6 Å². The molecule has 6 nitrogen and oxygen atoms in total. The molecule has 4 rings (SSSR count). The van der Waals surface area contributed by atoms with Gasteiger partial charge in [0.25, 0.3) is 0 Å². The number of carbonyl (C=O) groups excluding carboxylic acids is 1. The van der Waals surface area contributed by atoms with Crippen LogP contribution in [0.4, 0.5) is 11.4 Å². The highest BCUT2D eigenvalue weighted by Crippen LogP contribution is 2.32. The van der Waals surface area contributed by atoms with Crippen molar-refractivity contribution in [2.24, 2.45) is 0 Å². The molecule has 6 heteroatoms. The lowest BCUT2D eigenvalue weighted by molar-refractivity contribution is -0.117. The predicted octanol–water partition coefficient (Wildman–Crippen LogP) is 3.44. The van der Waals surface area contributed by atoms with Crippen LogP contribution < -0.4 is 15.0 Å². The average Bonchev–Trinajstić information content (AvgIpc) is 3.27. The summed E-state index contributed by atoms with van der Waals surface area (Å²) < 4.78 is 6.18. The lowest BCUT2D eigenvalue weighted by Crippen LogP contribution is -2.46. The van der Waals surface area contributed by atoms with Crippen LogP contribution in [-0.2, 0) is 11.3 Å². The number of nitrogens with zero attached hydrogens (tertiary/aromatic N) is 3. The molecule has 1 amide bonds. The lowest BCUT2D eigenvalue weighted by Gasteiger charge is -2.37. The molecule has 0 bridgehead atoms. The van der Waals surface area contributed by atoms with Crippen molar-refractivity contribution in [3.05, 3.63) is 54.1 Å². The molecule has 1 saturated heterocycles. The number of para-hydroxylation sites is 2. The van der Waals surface area contributed by atoms with Gasteiger partial charge in [0.1, 0.15) is 11.9 Å². The minimum atomic E-state index is -0.00153. The molecule has 0 spiro atoms. The second-order valence-corrected chi connectivity index (χ2v) is 8.67. The number of hydrogen-bond acceptors (Lipinski definition) is 5. The van der Waals surface area contributed by atoms with Crippen LogP contribution in [-0.4, -0.2) is 68.1 Å². The molecular formula is C25H34N4O2. The first kappa shape index (κ1) is 21.7. The summed E-state index contributed by atoms with van der Waals surface area (Å²) in [5.41, 5.74) is 3.30. The molecule has 1 fully saturated rings. The quantitative estimate of drug-likeness (QED) is 0.706. The zero-order valence-corrected chi connectivity index (χ0v) is 18.7. The van der Waals surface area contributed by atoms with Gasteiger partial charge in [-0.1, -0.05) is 24.3 Å². The molecule has 0 aliphatic carbocycles. The van der Waals surface area contributed by atoms with Crippen molar-refractivity contribution in [1.82, 2.24) is 9.80 Å². The van der Waals surface area contributed by atoms with E-state index in [1.807, 2.05) is 42.3 Å². The van der Waals surface area contributed by atoms with Gasteiger partial charge in [0.15, 0.2) is 0 Å². The number of hydrogen-bond donors (Lipinski definition) is 1. The van der Waals surface area contributed by atoms with Crippen molar-refractivity contribution < 1.29 is 9.53 Å². The highest BCUT2D eigenvalue weighted by atomic mass is 16.5. The maximum atomic E-state index is 12.5. The number of fused-ring (bicyclic) bond motifs is 1. The SMILES string of the molecule is CCN1C[C@@H](CN(C)CC(=O)Nc2ccc(CN3CCCC3)cc2)Oc2ccccc21. The van der Waals surface area contributed by atoms with Crippen LogP contribution in [0.5, 0.6) is 5.75 Å². The summed E-state index contributed by atoms with van der Waals surface area (Å²) in [5.74, 6) is 0.922. The fraction of sp³-hybridized carbons (Fsp3) is 0.480. The summed E-state index contributed by atoms with van der Waals surface area (Å²) in [4.78, 5) is 19.4. The fourth-order valence-electron chi connectivity index (χ4n) is 4.52. The molecule has 2 aliphatic heterocycles. The summed E-state index contributed by atoms with van der Waals surface area (Å²) in [6.45, 7) is 8.35. The Morgan fingerprint density at radius 2 is 1.87 bits per heavy atom. The van der Waals surface area contributed by atoms with E-state index >= 15 is 0 Å². The number of amides is 1. The number of likely N-dealkylation sites (N-methyl/N-ethyl adjacent to an activating group) is 2. The van der Waals surface area contributed by atoms with Crippen LogP contribution in [0.1, 0.15) is 25.3 Å². The highest BCUT2D eigenvalue weighted by Gasteiger charge is 2.25. The number of nitrogens with one attached hydrogen (secondary N) is 1. The van der Waals surface area contributed by atoms with Gasteiger partial charge in [0.05, 0.1) is 18.8 Å². The van der Waals surface area contributed by atoms with E-state index in [1.165, 1.54) is 31.5 Å². The summed E-state index contributed by atoms with van der Waals surface area (Å²) in [6.07, 6.45) is 2.64. The third-order valence-electron chi connectivity index (χ3n) is 6.08.